The lowest BCUT2D eigenvalue weighted by Crippen LogP contribution is -2.41. The molecule has 1 fully saturated rings. The van der Waals surface area contributed by atoms with Crippen molar-refractivity contribution in [1.82, 2.24) is 14.7 Å². The van der Waals surface area contributed by atoms with Crippen molar-refractivity contribution in [2.75, 3.05) is 25.1 Å². The molecule has 1 aliphatic rings. The van der Waals surface area contributed by atoms with E-state index in [1.807, 2.05) is 27.4 Å². The number of nitrogens with zero attached hydrogens (tertiary/aromatic N) is 3. The van der Waals surface area contributed by atoms with Gasteiger partial charge in [-0.25, -0.2) is 0 Å². The summed E-state index contributed by atoms with van der Waals surface area (Å²) in [5.41, 5.74) is 1.81. The number of carbonyl (C=O) groups excluding carboxylic acids is 1. The Kier molecular flexibility index (Phi) is 6.36. The second kappa shape index (κ2) is 8.04. The van der Waals surface area contributed by atoms with Gasteiger partial charge >= 0.3 is 0 Å². The van der Waals surface area contributed by atoms with Crippen LogP contribution in [0.1, 0.15) is 49.8 Å². The Labute approximate surface area is 138 Å². The van der Waals surface area contributed by atoms with Gasteiger partial charge in [-0.15, -0.1) is 0 Å². The minimum absolute atomic E-state index is 0.162. The van der Waals surface area contributed by atoms with Crippen LogP contribution < -0.4 is 0 Å². The summed E-state index contributed by atoms with van der Waals surface area (Å²) in [6, 6.07) is 2.00. The van der Waals surface area contributed by atoms with Gasteiger partial charge in [-0.3, -0.25) is 9.48 Å². The van der Waals surface area contributed by atoms with Crippen molar-refractivity contribution in [3.63, 3.8) is 0 Å². The average molecular weight is 324 g/mol. The smallest absolute Gasteiger partial charge is 0.272 e. The Bertz CT molecular complexity index is 496. The van der Waals surface area contributed by atoms with Crippen LogP contribution in [-0.4, -0.2) is 45.7 Å². The summed E-state index contributed by atoms with van der Waals surface area (Å²) < 4.78 is 1.87. The molecule has 4 nitrogen and oxygen atoms in total. The molecule has 1 aromatic rings. The number of amides is 1. The summed E-state index contributed by atoms with van der Waals surface area (Å²) in [6.45, 7) is 8.96. The van der Waals surface area contributed by atoms with Gasteiger partial charge in [0.05, 0.1) is 5.69 Å². The van der Waals surface area contributed by atoms with Crippen molar-refractivity contribution in [1.29, 1.82) is 0 Å². The quantitative estimate of drug-likeness (QED) is 0.806. The number of aromatic nitrogens is 2. The van der Waals surface area contributed by atoms with E-state index >= 15 is 0 Å². The number of carbonyl (C=O) groups is 1. The van der Waals surface area contributed by atoms with E-state index in [0.29, 0.717) is 11.8 Å². The van der Waals surface area contributed by atoms with E-state index in [9.17, 15) is 4.79 Å². The number of hydrogen-bond acceptors (Lipinski definition) is 3. The van der Waals surface area contributed by atoms with Crippen LogP contribution in [0, 0.1) is 11.8 Å². The molecule has 1 amide bonds. The second-order valence-corrected chi connectivity index (χ2v) is 7.56. The van der Waals surface area contributed by atoms with Crippen molar-refractivity contribution >= 4 is 17.7 Å². The van der Waals surface area contributed by atoms with Gasteiger partial charge in [-0.2, -0.15) is 16.9 Å². The molecule has 0 N–H and O–H groups in total. The number of hydrogen-bond donors (Lipinski definition) is 0. The zero-order valence-electron chi connectivity index (χ0n) is 14.3. The highest BCUT2D eigenvalue weighted by Gasteiger charge is 2.26. The van der Waals surface area contributed by atoms with Crippen LogP contribution in [0.15, 0.2) is 6.07 Å². The summed E-state index contributed by atoms with van der Waals surface area (Å²) in [7, 11) is 0. The molecule has 2 rings (SSSR count). The van der Waals surface area contributed by atoms with Gasteiger partial charge in [-0.05, 0) is 56.1 Å². The number of likely N-dealkylation sites (tertiary alicyclic amines) is 1. The minimum Gasteiger partial charge on any atom is -0.337 e. The van der Waals surface area contributed by atoms with E-state index in [-0.39, 0.29) is 5.91 Å². The number of rotatable bonds is 6. The molecule has 2 heterocycles. The predicted octanol–water partition coefficient (Wildman–Crippen LogP) is 3.32. The molecular formula is C17H29N3OS. The maximum absolute atomic E-state index is 12.9. The van der Waals surface area contributed by atoms with Crippen LogP contribution >= 0.6 is 11.8 Å². The molecule has 1 atom stereocenters. The molecule has 0 radical (unpaired) electrons. The summed E-state index contributed by atoms with van der Waals surface area (Å²) in [6.07, 6.45) is 5.44. The van der Waals surface area contributed by atoms with Crippen LogP contribution in [0.5, 0.6) is 0 Å². The fraction of sp³-hybridized carbons (Fsp3) is 0.765. The molecule has 1 aliphatic heterocycles. The molecular weight excluding hydrogens is 294 g/mol. The first-order valence-corrected chi connectivity index (χ1v) is 9.79. The van der Waals surface area contributed by atoms with Gasteiger partial charge in [0.25, 0.3) is 5.91 Å². The van der Waals surface area contributed by atoms with Gasteiger partial charge in [0.1, 0.15) is 5.69 Å². The first kappa shape index (κ1) is 17.4. The lowest BCUT2D eigenvalue weighted by atomic mass is 9.99. The molecule has 0 unspecified atom stereocenters. The molecule has 124 valence electrons. The Hall–Kier alpha value is -0.970. The Morgan fingerprint density at radius 2 is 2.27 bits per heavy atom. The zero-order valence-corrected chi connectivity index (χ0v) is 15.2. The standard InChI is InChI=1S/C17H29N3OS/c1-5-20-16(10-15(18-20)9-13(2)3)17(21)19-8-6-7-14(11-19)12-22-4/h10,13-14H,5-9,11-12H2,1-4H3/t14-/m1/s1. The molecule has 0 aliphatic carbocycles. The second-order valence-electron chi connectivity index (χ2n) is 6.65. The predicted molar refractivity (Wildman–Crippen MR) is 93.5 cm³/mol. The molecule has 0 saturated carbocycles. The van der Waals surface area contributed by atoms with E-state index in [1.165, 1.54) is 6.42 Å². The molecule has 22 heavy (non-hydrogen) atoms. The van der Waals surface area contributed by atoms with Gasteiger partial charge in [0.2, 0.25) is 0 Å². The Balaban J connectivity index is 2.12. The van der Waals surface area contributed by atoms with Gasteiger partial charge in [0.15, 0.2) is 0 Å². The van der Waals surface area contributed by atoms with Crippen LogP contribution in [-0.2, 0) is 13.0 Å². The largest absolute Gasteiger partial charge is 0.337 e. The zero-order chi connectivity index (χ0) is 16.1. The topological polar surface area (TPSA) is 38.1 Å². The first-order valence-electron chi connectivity index (χ1n) is 8.40. The minimum atomic E-state index is 0.162. The number of aryl methyl sites for hydroxylation is 1. The average Bonchev–Trinajstić information content (AvgIpc) is 2.89. The summed E-state index contributed by atoms with van der Waals surface area (Å²) >= 11 is 1.88. The lowest BCUT2D eigenvalue weighted by molar-refractivity contribution is 0.0673. The van der Waals surface area contributed by atoms with Crippen molar-refractivity contribution < 1.29 is 4.79 Å². The molecule has 1 aromatic heterocycles. The van der Waals surface area contributed by atoms with E-state index in [0.717, 1.165) is 49.6 Å². The van der Waals surface area contributed by atoms with Crippen LogP contribution in [0.4, 0.5) is 0 Å². The van der Waals surface area contributed by atoms with Gasteiger partial charge < -0.3 is 4.90 Å². The summed E-state index contributed by atoms with van der Waals surface area (Å²) in [5.74, 6) is 2.51. The number of piperidine rings is 1. The monoisotopic (exact) mass is 323 g/mol. The first-order chi connectivity index (χ1) is 10.5. The Morgan fingerprint density at radius 1 is 1.50 bits per heavy atom. The van der Waals surface area contributed by atoms with Crippen molar-refractivity contribution in [3.05, 3.63) is 17.5 Å². The third-order valence-electron chi connectivity index (χ3n) is 4.18. The molecule has 0 aromatic carbocycles. The highest BCUT2D eigenvalue weighted by Crippen LogP contribution is 2.22. The molecule has 1 saturated heterocycles. The highest BCUT2D eigenvalue weighted by molar-refractivity contribution is 7.98. The molecule has 0 spiro atoms. The van der Waals surface area contributed by atoms with Gasteiger partial charge in [0, 0.05) is 19.6 Å². The fourth-order valence-electron chi connectivity index (χ4n) is 3.18. The molecule has 5 heteroatoms. The van der Waals surface area contributed by atoms with E-state index in [2.05, 4.69) is 32.1 Å². The van der Waals surface area contributed by atoms with Gasteiger partial charge in [-0.1, -0.05) is 13.8 Å². The third-order valence-corrected chi connectivity index (χ3v) is 4.98. The van der Waals surface area contributed by atoms with Crippen LogP contribution in [0.3, 0.4) is 0 Å². The summed E-state index contributed by atoms with van der Waals surface area (Å²) in [4.78, 5) is 14.9. The van der Waals surface area contributed by atoms with Crippen LogP contribution in [0.2, 0.25) is 0 Å². The third kappa shape index (κ3) is 4.28. The Morgan fingerprint density at radius 3 is 2.91 bits per heavy atom. The normalized spacial score (nSPS) is 19.0. The van der Waals surface area contributed by atoms with Crippen molar-refractivity contribution in [2.24, 2.45) is 11.8 Å². The number of thioether (sulfide) groups is 1. The maximum Gasteiger partial charge on any atom is 0.272 e. The van der Waals surface area contributed by atoms with Crippen LogP contribution in [0.25, 0.3) is 0 Å². The fourth-order valence-corrected chi connectivity index (χ4v) is 3.93. The van der Waals surface area contributed by atoms with E-state index < -0.39 is 0 Å². The van der Waals surface area contributed by atoms with E-state index in [4.69, 9.17) is 0 Å². The SMILES string of the molecule is CCn1nc(CC(C)C)cc1C(=O)N1CCC[C@@H](CSC)C1. The lowest BCUT2D eigenvalue weighted by Gasteiger charge is -2.32. The molecule has 0 bridgehead atoms. The highest BCUT2D eigenvalue weighted by atomic mass is 32.2. The van der Waals surface area contributed by atoms with Crippen molar-refractivity contribution in [2.45, 2.75) is 46.6 Å². The van der Waals surface area contributed by atoms with Crippen molar-refractivity contribution in [3.8, 4) is 0 Å². The maximum atomic E-state index is 12.9. The van der Waals surface area contributed by atoms with E-state index in [1.54, 1.807) is 0 Å². The summed E-state index contributed by atoms with van der Waals surface area (Å²) in [5, 5.41) is 4.61.